The van der Waals surface area contributed by atoms with Gasteiger partial charge in [-0.05, 0) is 54.8 Å². The Morgan fingerprint density at radius 1 is 1.13 bits per heavy atom. The van der Waals surface area contributed by atoms with Gasteiger partial charge in [0.1, 0.15) is 11.6 Å². The lowest BCUT2D eigenvalue weighted by molar-refractivity contribution is -0.131. The molecular formula is C24H24FN3O3. The van der Waals surface area contributed by atoms with Crippen molar-refractivity contribution < 1.29 is 18.7 Å². The number of methoxy groups -OCH3 is 1. The number of nitrogens with two attached hydrogens (primary N) is 1. The van der Waals surface area contributed by atoms with E-state index in [1.807, 2.05) is 29.2 Å². The first-order valence-corrected chi connectivity index (χ1v) is 10.3. The fourth-order valence-electron chi connectivity index (χ4n) is 4.10. The van der Waals surface area contributed by atoms with Gasteiger partial charge >= 0.3 is 0 Å². The second-order valence-corrected chi connectivity index (χ2v) is 7.80. The summed E-state index contributed by atoms with van der Waals surface area (Å²) in [4.78, 5) is 31.2. The standard InChI is InChI=1S/C24H24FN3O3/c1-31-19-5-2-15(3-6-19)12-22(29)28-10-8-16(9-11-28)23-20(24(26)30)14-17-13-18(25)4-7-21(17)27-23/h2-7,13-14,16H,8-12H2,1H3,(H2,26,30). The average Bonchev–Trinajstić information content (AvgIpc) is 2.78. The van der Waals surface area contributed by atoms with Crippen LogP contribution in [0.2, 0.25) is 0 Å². The van der Waals surface area contributed by atoms with Gasteiger partial charge in [-0.15, -0.1) is 0 Å². The van der Waals surface area contributed by atoms with Crippen LogP contribution in [0.1, 0.15) is 40.4 Å². The zero-order chi connectivity index (χ0) is 22.0. The molecule has 4 rings (SSSR count). The summed E-state index contributed by atoms with van der Waals surface area (Å²) in [6.45, 7) is 1.17. The maximum atomic E-state index is 13.5. The van der Waals surface area contributed by atoms with E-state index in [-0.39, 0.29) is 17.6 Å². The van der Waals surface area contributed by atoms with E-state index in [2.05, 4.69) is 4.98 Å². The van der Waals surface area contributed by atoms with E-state index in [1.54, 1.807) is 19.2 Å². The average molecular weight is 421 g/mol. The number of fused-ring (bicyclic) bond motifs is 1. The van der Waals surface area contributed by atoms with Crippen molar-refractivity contribution >= 4 is 22.7 Å². The third-order valence-corrected chi connectivity index (χ3v) is 5.82. The third-order valence-electron chi connectivity index (χ3n) is 5.82. The van der Waals surface area contributed by atoms with Crippen LogP contribution in [0, 0.1) is 5.82 Å². The Kier molecular flexibility index (Phi) is 5.84. The Balaban J connectivity index is 1.47. The number of rotatable bonds is 5. The highest BCUT2D eigenvalue weighted by atomic mass is 19.1. The molecule has 0 saturated carbocycles. The topological polar surface area (TPSA) is 85.5 Å². The molecule has 1 aromatic heterocycles. The summed E-state index contributed by atoms with van der Waals surface area (Å²) in [6, 6.07) is 13.4. The van der Waals surface area contributed by atoms with Crippen LogP contribution in [-0.2, 0) is 11.2 Å². The van der Waals surface area contributed by atoms with E-state index >= 15 is 0 Å². The number of likely N-dealkylation sites (tertiary alicyclic amines) is 1. The molecule has 0 radical (unpaired) electrons. The molecule has 1 fully saturated rings. The van der Waals surface area contributed by atoms with Crippen molar-refractivity contribution in [2.75, 3.05) is 20.2 Å². The van der Waals surface area contributed by atoms with Crippen molar-refractivity contribution in [3.05, 3.63) is 71.2 Å². The highest BCUT2D eigenvalue weighted by Gasteiger charge is 2.27. The SMILES string of the molecule is COc1ccc(CC(=O)N2CCC(c3nc4ccc(F)cc4cc3C(N)=O)CC2)cc1. The maximum Gasteiger partial charge on any atom is 0.250 e. The van der Waals surface area contributed by atoms with Gasteiger partial charge in [-0.1, -0.05) is 12.1 Å². The van der Waals surface area contributed by atoms with Gasteiger partial charge in [-0.25, -0.2) is 4.39 Å². The normalized spacial score (nSPS) is 14.6. The Morgan fingerprint density at radius 3 is 2.48 bits per heavy atom. The van der Waals surface area contributed by atoms with Crippen LogP contribution in [0.15, 0.2) is 48.5 Å². The van der Waals surface area contributed by atoms with Crippen molar-refractivity contribution in [3.63, 3.8) is 0 Å². The molecule has 1 saturated heterocycles. The lowest BCUT2D eigenvalue weighted by atomic mass is 9.89. The smallest absolute Gasteiger partial charge is 0.250 e. The first-order chi connectivity index (χ1) is 14.9. The Hall–Kier alpha value is -3.48. The summed E-state index contributed by atoms with van der Waals surface area (Å²) in [6.07, 6.45) is 1.71. The first-order valence-electron chi connectivity index (χ1n) is 10.3. The van der Waals surface area contributed by atoms with Crippen LogP contribution >= 0.6 is 0 Å². The molecule has 1 aliphatic rings. The molecule has 2 N–H and O–H groups in total. The number of carbonyl (C=O) groups excluding carboxylic acids is 2. The van der Waals surface area contributed by atoms with Crippen molar-refractivity contribution in [1.82, 2.24) is 9.88 Å². The van der Waals surface area contributed by atoms with Gasteiger partial charge in [0.05, 0.1) is 30.3 Å². The van der Waals surface area contributed by atoms with Crippen molar-refractivity contribution in [1.29, 1.82) is 0 Å². The number of benzene rings is 2. The van der Waals surface area contributed by atoms with E-state index in [0.717, 1.165) is 11.3 Å². The lowest BCUT2D eigenvalue weighted by Crippen LogP contribution is -2.39. The molecule has 2 amide bonds. The predicted octanol–water partition coefficient (Wildman–Crippen LogP) is 3.43. The second kappa shape index (κ2) is 8.71. The minimum atomic E-state index is -0.577. The third kappa shape index (κ3) is 4.50. The minimum absolute atomic E-state index is 0.0157. The molecule has 31 heavy (non-hydrogen) atoms. The Morgan fingerprint density at radius 2 is 1.84 bits per heavy atom. The molecule has 0 bridgehead atoms. The van der Waals surface area contributed by atoms with E-state index < -0.39 is 5.91 Å². The fourth-order valence-corrected chi connectivity index (χ4v) is 4.10. The largest absolute Gasteiger partial charge is 0.497 e. The van der Waals surface area contributed by atoms with Crippen LogP contribution in [0.4, 0.5) is 4.39 Å². The molecule has 0 aliphatic carbocycles. The van der Waals surface area contributed by atoms with E-state index in [0.29, 0.717) is 54.5 Å². The van der Waals surface area contributed by atoms with Gasteiger partial charge in [0, 0.05) is 24.4 Å². The number of nitrogens with zero attached hydrogens (tertiary/aromatic N) is 2. The van der Waals surface area contributed by atoms with Gasteiger partial charge < -0.3 is 15.4 Å². The van der Waals surface area contributed by atoms with Gasteiger partial charge in [0.2, 0.25) is 5.91 Å². The number of aromatic nitrogens is 1. The zero-order valence-electron chi connectivity index (χ0n) is 17.3. The molecule has 0 unspecified atom stereocenters. The van der Waals surface area contributed by atoms with Crippen molar-refractivity contribution in [2.24, 2.45) is 5.73 Å². The molecule has 2 heterocycles. The van der Waals surface area contributed by atoms with Crippen LogP contribution in [0.25, 0.3) is 10.9 Å². The number of ether oxygens (including phenoxy) is 1. The number of pyridine rings is 1. The molecular weight excluding hydrogens is 397 g/mol. The second-order valence-electron chi connectivity index (χ2n) is 7.80. The number of carbonyl (C=O) groups is 2. The van der Waals surface area contributed by atoms with Gasteiger partial charge in [0.15, 0.2) is 0 Å². The lowest BCUT2D eigenvalue weighted by Gasteiger charge is -2.32. The first kappa shape index (κ1) is 20.8. The number of hydrogen-bond acceptors (Lipinski definition) is 4. The zero-order valence-corrected chi connectivity index (χ0v) is 17.3. The maximum absolute atomic E-state index is 13.5. The van der Waals surface area contributed by atoms with Crippen LogP contribution < -0.4 is 10.5 Å². The van der Waals surface area contributed by atoms with Crippen molar-refractivity contribution in [3.8, 4) is 5.75 Å². The molecule has 1 aliphatic heterocycles. The number of amides is 2. The molecule has 7 heteroatoms. The summed E-state index contributed by atoms with van der Waals surface area (Å²) in [5, 5.41) is 0.546. The molecule has 0 spiro atoms. The molecule has 6 nitrogen and oxygen atoms in total. The summed E-state index contributed by atoms with van der Waals surface area (Å²) < 4.78 is 18.7. The minimum Gasteiger partial charge on any atom is -0.497 e. The molecule has 0 atom stereocenters. The van der Waals surface area contributed by atoms with E-state index in [4.69, 9.17) is 10.5 Å². The van der Waals surface area contributed by atoms with Gasteiger partial charge in [0.25, 0.3) is 5.91 Å². The quantitative estimate of drug-likeness (QED) is 0.684. The highest BCUT2D eigenvalue weighted by Crippen LogP contribution is 2.31. The number of halogens is 1. The van der Waals surface area contributed by atoms with Crippen LogP contribution in [-0.4, -0.2) is 41.9 Å². The summed E-state index contributed by atoms with van der Waals surface area (Å²) in [5.41, 5.74) is 8.10. The van der Waals surface area contributed by atoms with Gasteiger partial charge in [-0.2, -0.15) is 0 Å². The predicted molar refractivity (Wildman–Crippen MR) is 115 cm³/mol. The Bertz CT molecular complexity index is 1120. The highest BCUT2D eigenvalue weighted by molar-refractivity contribution is 5.97. The number of piperidine rings is 1. The van der Waals surface area contributed by atoms with Crippen LogP contribution in [0.3, 0.4) is 0 Å². The number of primary amides is 1. The fraction of sp³-hybridized carbons (Fsp3) is 0.292. The summed E-state index contributed by atoms with van der Waals surface area (Å²) in [5.74, 6) is -0.122. The monoisotopic (exact) mass is 421 g/mol. The van der Waals surface area contributed by atoms with E-state index in [1.165, 1.54) is 12.1 Å². The van der Waals surface area contributed by atoms with Crippen LogP contribution in [0.5, 0.6) is 5.75 Å². The number of hydrogen-bond donors (Lipinski definition) is 1. The van der Waals surface area contributed by atoms with Gasteiger partial charge in [-0.3, -0.25) is 14.6 Å². The molecule has 3 aromatic rings. The molecule has 160 valence electrons. The van der Waals surface area contributed by atoms with E-state index in [9.17, 15) is 14.0 Å². The summed E-state index contributed by atoms with van der Waals surface area (Å²) >= 11 is 0. The molecule has 2 aromatic carbocycles. The Labute approximate surface area is 179 Å². The van der Waals surface area contributed by atoms with Crippen molar-refractivity contribution in [2.45, 2.75) is 25.2 Å². The summed E-state index contributed by atoms with van der Waals surface area (Å²) in [7, 11) is 1.61.